The van der Waals surface area contributed by atoms with Crippen LogP contribution in [0.4, 0.5) is 0 Å². The second kappa shape index (κ2) is 3.58. The van der Waals surface area contributed by atoms with Gasteiger partial charge in [0, 0.05) is 6.04 Å². The summed E-state index contributed by atoms with van der Waals surface area (Å²) in [4.78, 5) is 2.48. The summed E-state index contributed by atoms with van der Waals surface area (Å²) in [6, 6.07) is 2.96. The van der Waals surface area contributed by atoms with Crippen LogP contribution >= 0.6 is 11.3 Å². The lowest BCUT2D eigenvalue weighted by molar-refractivity contribution is 0.188. The molecule has 1 unspecified atom stereocenters. The van der Waals surface area contributed by atoms with Crippen LogP contribution in [0.15, 0.2) is 16.8 Å². The minimum Gasteiger partial charge on any atom is -0.299 e. The van der Waals surface area contributed by atoms with E-state index in [0.717, 1.165) is 0 Å². The summed E-state index contributed by atoms with van der Waals surface area (Å²) in [6.07, 6.45) is 4.11. The smallest absolute Gasteiger partial charge is 0.0353 e. The Morgan fingerprint density at radius 1 is 1.50 bits per heavy atom. The average Bonchev–Trinajstić information content (AvgIpc) is 2.57. The molecule has 1 saturated heterocycles. The van der Waals surface area contributed by atoms with Gasteiger partial charge in [0.05, 0.1) is 0 Å². The third kappa shape index (κ3) is 1.54. The van der Waals surface area contributed by atoms with Gasteiger partial charge in [-0.3, -0.25) is 4.90 Å². The van der Waals surface area contributed by atoms with Gasteiger partial charge in [-0.15, -0.1) is 0 Å². The monoisotopic (exact) mass is 181 g/mol. The summed E-state index contributed by atoms with van der Waals surface area (Å²) < 4.78 is 0. The number of nitrogens with zero attached hydrogens (tertiary/aromatic N) is 1. The lowest BCUT2D eigenvalue weighted by Gasteiger charge is -2.31. The van der Waals surface area contributed by atoms with Crippen LogP contribution in [-0.4, -0.2) is 18.5 Å². The van der Waals surface area contributed by atoms with Gasteiger partial charge in [0.15, 0.2) is 0 Å². The molecule has 0 radical (unpaired) electrons. The van der Waals surface area contributed by atoms with E-state index in [-0.39, 0.29) is 0 Å². The molecule has 66 valence electrons. The minimum absolute atomic E-state index is 0.699. The van der Waals surface area contributed by atoms with Crippen molar-refractivity contribution in [3.8, 4) is 0 Å². The van der Waals surface area contributed by atoms with Gasteiger partial charge in [0.1, 0.15) is 0 Å². The Morgan fingerprint density at radius 3 is 3.08 bits per heavy atom. The molecule has 2 rings (SSSR count). The van der Waals surface area contributed by atoms with Gasteiger partial charge in [-0.25, -0.2) is 0 Å². The van der Waals surface area contributed by atoms with Gasteiger partial charge in [-0.2, -0.15) is 11.3 Å². The predicted molar refractivity (Wildman–Crippen MR) is 53.5 cm³/mol. The minimum atomic E-state index is 0.699. The van der Waals surface area contributed by atoms with Gasteiger partial charge in [0.25, 0.3) is 0 Å². The van der Waals surface area contributed by atoms with Gasteiger partial charge < -0.3 is 0 Å². The van der Waals surface area contributed by atoms with Crippen LogP contribution in [-0.2, 0) is 0 Å². The highest BCUT2D eigenvalue weighted by Crippen LogP contribution is 2.30. The Balaban J connectivity index is 2.11. The zero-order valence-corrected chi connectivity index (χ0v) is 8.31. The Labute approximate surface area is 78.0 Å². The molecule has 0 bridgehead atoms. The fourth-order valence-corrected chi connectivity index (χ4v) is 2.67. The lowest BCUT2D eigenvalue weighted by atomic mass is 9.98. The van der Waals surface area contributed by atoms with Crippen LogP contribution in [0.1, 0.15) is 30.9 Å². The fourth-order valence-electron chi connectivity index (χ4n) is 1.96. The van der Waals surface area contributed by atoms with Crippen LogP contribution in [0.3, 0.4) is 0 Å². The number of hydrogen-bond acceptors (Lipinski definition) is 2. The van der Waals surface area contributed by atoms with Crippen LogP contribution in [0.5, 0.6) is 0 Å². The Kier molecular flexibility index (Phi) is 2.47. The molecule has 0 spiro atoms. The largest absolute Gasteiger partial charge is 0.299 e. The molecule has 0 saturated carbocycles. The van der Waals surface area contributed by atoms with Crippen LogP contribution < -0.4 is 0 Å². The molecule has 2 heterocycles. The third-order valence-electron chi connectivity index (χ3n) is 2.70. The first-order valence-electron chi connectivity index (χ1n) is 4.60. The molecule has 1 aliphatic heterocycles. The van der Waals surface area contributed by atoms with Crippen molar-refractivity contribution in [1.82, 2.24) is 4.90 Å². The highest BCUT2D eigenvalue weighted by atomic mass is 32.1. The van der Waals surface area contributed by atoms with Crippen molar-refractivity contribution >= 4 is 11.3 Å². The summed E-state index contributed by atoms with van der Waals surface area (Å²) >= 11 is 1.81. The van der Waals surface area contributed by atoms with Crippen LogP contribution in [0, 0.1) is 0 Å². The lowest BCUT2D eigenvalue weighted by Crippen LogP contribution is -2.29. The van der Waals surface area contributed by atoms with Crippen molar-refractivity contribution in [2.24, 2.45) is 0 Å². The molecule has 0 N–H and O–H groups in total. The normalized spacial score (nSPS) is 25.9. The van der Waals surface area contributed by atoms with Gasteiger partial charge >= 0.3 is 0 Å². The Morgan fingerprint density at radius 2 is 2.42 bits per heavy atom. The Bertz CT molecular complexity index is 230. The van der Waals surface area contributed by atoms with E-state index in [2.05, 4.69) is 28.8 Å². The highest BCUT2D eigenvalue weighted by Gasteiger charge is 2.20. The molecule has 12 heavy (non-hydrogen) atoms. The molecule has 0 aromatic carbocycles. The number of likely N-dealkylation sites (tertiary alicyclic amines) is 1. The van der Waals surface area contributed by atoms with Gasteiger partial charge in [0.2, 0.25) is 0 Å². The van der Waals surface area contributed by atoms with E-state index in [4.69, 9.17) is 0 Å². The maximum atomic E-state index is 2.48. The summed E-state index contributed by atoms with van der Waals surface area (Å²) in [5, 5.41) is 4.46. The van der Waals surface area contributed by atoms with E-state index in [0.29, 0.717) is 6.04 Å². The maximum absolute atomic E-state index is 2.48. The van der Waals surface area contributed by atoms with E-state index in [1.807, 2.05) is 11.3 Å². The van der Waals surface area contributed by atoms with E-state index < -0.39 is 0 Å². The summed E-state index contributed by atoms with van der Waals surface area (Å²) in [7, 11) is 2.24. The van der Waals surface area contributed by atoms with Crippen molar-refractivity contribution in [3.63, 3.8) is 0 Å². The standard InChI is InChI=1S/C10H15NS/c1-11-6-3-2-4-10(11)9-5-7-12-8-9/h5,7-8,10H,2-4,6H2,1H3. The van der Waals surface area contributed by atoms with Crippen LogP contribution in [0.25, 0.3) is 0 Å². The van der Waals surface area contributed by atoms with Crippen molar-refractivity contribution < 1.29 is 0 Å². The number of hydrogen-bond donors (Lipinski definition) is 0. The van der Waals surface area contributed by atoms with Crippen molar-refractivity contribution in [2.75, 3.05) is 13.6 Å². The highest BCUT2D eigenvalue weighted by molar-refractivity contribution is 7.07. The predicted octanol–water partition coefficient (Wildman–Crippen LogP) is 2.90. The first-order valence-corrected chi connectivity index (χ1v) is 5.54. The van der Waals surface area contributed by atoms with Crippen molar-refractivity contribution in [2.45, 2.75) is 25.3 Å². The SMILES string of the molecule is CN1CCCCC1c1ccsc1. The summed E-state index contributed by atoms with van der Waals surface area (Å²) in [6.45, 7) is 1.26. The van der Waals surface area contributed by atoms with E-state index in [1.165, 1.54) is 31.4 Å². The third-order valence-corrected chi connectivity index (χ3v) is 3.40. The molecule has 1 aliphatic rings. The van der Waals surface area contributed by atoms with Gasteiger partial charge in [-0.05, 0) is 48.8 Å². The second-order valence-electron chi connectivity index (χ2n) is 3.55. The van der Waals surface area contributed by atoms with Crippen LogP contribution in [0.2, 0.25) is 0 Å². The molecule has 0 aliphatic carbocycles. The average molecular weight is 181 g/mol. The molecular formula is C10H15NS. The van der Waals surface area contributed by atoms with E-state index >= 15 is 0 Å². The number of rotatable bonds is 1. The fraction of sp³-hybridized carbons (Fsp3) is 0.600. The number of thiophene rings is 1. The van der Waals surface area contributed by atoms with Crippen molar-refractivity contribution in [3.05, 3.63) is 22.4 Å². The Hall–Kier alpha value is -0.340. The molecule has 1 atom stereocenters. The summed E-state index contributed by atoms with van der Waals surface area (Å²) in [5.41, 5.74) is 1.52. The van der Waals surface area contributed by atoms with E-state index in [1.54, 1.807) is 0 Å². The zero-order valence-electron chi connectivity index (χ0n) is 7.49. The quantitative estimate of drug-likeness (QED) is 0.644. The zero-order chi connectivity index (χ0) is 8.39. The second-order valence-corrected chi connectivity index (χ2v) is 4.33. The first kappa shape index (κ1) is 8.27. The van der Waals surface area contributed by atoms with Crippen molar-refractivity contribution in [1.29, 1.82) is 0 Å². The number of piperidine rings is 1. The molecule has 1 aromatic heterocycles. The maximum Gasteiger partial charge on any atom is 0.0353 e. The molecule has 0 amide bonds. The topological polar surface area (TPSA) is 3.24 Å². The molecular weight excluding hydrogens is 166 g/mol. The molecule has 2 heteroatoms. The first-order chi connectivity index (χ1) is 5.88. The molecule has 1 aromatic rings. The van der Waals surface area contributed by atoms with E-state index in [9.17, 15) is 0 Å². The summed E-state index contributed by atoms with van der Waals surface area (Å²) in [5.74, 6) is 0. The molecule has 1 nitrogen and oxygen atoms in total. The molecule has 1 fully saturated rings. The van der Waals surface area contributed by atoms with Gasteiger partial charge in [-0.1, -0.05) is 6.42 Å².